The van der Waals surface area contributed by atoms with Gasteiger partial charge in [-0.1, -0.05) is 0 Å². The molecule has 5 heteroatoms. The fourth-order valence-corrected chi connectivity index (χ4v) is 4.08. The Kier molecular flexibility index (Phi) is 2.45. The van der Waals surface area contributed by atoms with E-state index in [1.807, 2.05) is 11.0 Å². The maximum Gasteiger partial charge on any atom is 0.169 e. The molecule has 18 heavy (non-hydrogen) atoms. The summed E-state index contributed by atoms with van der Waals surface area (Å²) in [5.74, 6) is 1.28. The molecule has 0 aromatic carbocycles. The zero-order chi connectivity index (χ0) is 12.0. The van der Waals surface area contributed by atoms with E-state index in [0.717, 1.165) is 37.9 Å². The fourth-order valence-electron chi connectivity index (χ4n) is 4.08. The largest absolute Gasteiger partial charge is 0.348 e. The quantitative estimate of drug-likeness (QED) is 0.761. The van der Waals surface area contributed by atoms with E-state index in [1.54, 1.807) is 6.33 Å². The van der Waals surface area contributed by atoms with Gasteiger partial charge in [-0.15, -0.1) is 0 Å². The van der Waals surface area contributed by atoms with E-state index in [2.05, 4.69) is 10.1 Å². The topological polar surface area (TPSA) is 49.2 Å². The molecule has 2 aliphatic carbocycles. The first kappa shape index (κ1) is 10.9. The lowest BCUT2D eigenvalue weighted by Gasteiger charge is -2.31. The van der Waals surface area contributed by atoms with Crippen LogP contribution in [0, 0.1) is 11.8 Å². The minimum absolute atomic E-state index is 0.230. The van der Waals surface area contributed by atoms with Crippen molar-refractivity contribution in [2.45, 2.75) is 43.9 Å². The summed E-state index contributed by atoms with van der Waals surface area (Å²) in [6.07, 6.45) is 9.32. The zero-order valence-corrected chi connectivity index (χ0v) is 10.5. The molecule has 0 bridgehead atoms. The molecule has 98 valence electrons. The summed E-state index contributed by atoms with van der Waals surface area (Å²) in [6, 6.07) is 0.519. The van der Waals surface area contributed by atoms with Crippen LogP contribution >= 0.6 is 0 Å². The average molecular weight is 249 g/mol. The maximum absolute atomic E-state index is 5.86. The van der Waals surface area contributed by atoms with Crippen LogP contribution in [0.3, 0.4) is 0 Å². The minimum Gasteiger partial charge on any atom is -0.348 e. The van der Waals surface area contributed by atoms with E-state index in [1.165, 1.54) is 19.3 Å². The highest BCUT2D eigenvalue weighted by Gasteiger charge is 2.51. The van der Waals surface area contributed by atoms with Crippen molar-refractivity contribution in [3.8, 4) is 0 Å². The van der Waals surface area contributed by atoms with Crippen LogP contribution in [0.25, 0.3) is 0 Å². The molecule has 4 rings (SSSR count). The van der Waals surface area contributed by atoms with E-state index >= 15 is 0 Å². The molecule has 1 aromatic rings. The molecule has 0 amide bonds. The molecule has 2 saturated carbocycles. The first-order valence-electron chi connectivity index (χ1n) is 6.97. The number of hydrogen-bond acceptors (Lipinski definition) is 4. The molecular formula is C13H19N3O2. The van der Waals surface area contributed by atoms with Gasteiger partial charge in [-0.25, -0.2) is 9.67 Å². The highest BCUT2D eigenvalue weighted by Crippen LogP contribution is 2.52. The van der Waals surface area contributed by atoms with Gasteiger partial charge in [0.25, 0.3) is 0 Å². The molecule has 1 aliphatic heterocycles. The van der Waals surface area contributed by atoms with Gasteiger partial charge in [0.05, 0.1) is 19.3 Å². The molecule has 3 aliphatic rings. The third kappa shape index (κ3) is 1.68. The second-order valence-electron chi connectivity index (χ2n) is 5.88. The van der Waals surface area contributed by atoms with Crippen molar-refractivity contribution < 1.29 is 9.47 Å². The summed E-state index contributed by atoms with van der Waals surface area (Å²) in [5, 5.41) is 4.29. The summed E-state index contributed by atoms with van der Waals surface area (Å²) in [6.45, 7) is 1.54. The van der Waals surface area contributed by atoms with Gasteiger partial charge in [0.1, 0.15) is 12.7 Å². The summed E-state index contributed by atoms with van der Waals surface area (Å²) in [7, 11) is 0. The van der Waals surface area contributed by atoms with Crippen molar-refractivity contribution in [3.05, 3.63) is 12.7 Å². The SMILES string of the molecule is c1ncn(C2CC[C@H]3CC4(C[C@H]3C2)OCCO4)n1. The molecule has 1 unspecified atom stereocenters. The molecule has 0 N–H and O–H groups in total. The van der Waals surface area contributed by atoms with Gasteiger partial charge >= 0.3 is 0 Å². The lowest BCUT2D eigenvalue weighted by atomic mass is 9.79. The van der Waals surface area contributed by atoms with Gasteiger partial charge in [0.2, 0.25) is 0 Å². The Morgan fingerprint density at radius 1 is 1.11 bits per heavy atom. The van der Waals surface area contributed by atoms with Crippen molar-refractivity contribution in [3.63, 3.8) is 0 Å². The number of ether oxygens (including phenoxy) is 2. The van der Waals surface area contributed by atoms with Gasteiger partial charge in [-0.3, -0.25) is 0 Å². The van der Waals surface area contributed by atoms with Crippen molar-refractivity contribution in [2.75, 3.05) is 13.2 Å². The van der Waals surface area contributed by atoms with Gasteiger partial charge in [0, 0.05) is 12.8 Å². The smallest absolute Gasteiger partial charge is 0.169 e. The molecule has 1 saturated heterocycles. The van der Waals surface area contributed by atoms with E-state index < -0.39 is 0 Å². The van der Waals surface area contributed by atoms with Crippen molar-refractivity contribution >= 4 is 0 Å². The fraction of sp³-hybridized carbons (Fsp3) is 0.846. The Bertz CT molecular complexity index is 414. The van der Waals surface area contributed by atoms with Crippen LogP contribution in [0.1, 0.15) is 38.1 Å². The highest BCUT2D eigenvalue weighted by atomic mass is 16.7. The van der Waals surface area contributed by atoms with Gasteiger partial charge in [0.15, 0.2) is 5.79 Å². The summed E-state index contributed by atoms with van der Waals surface area (Å²) in [5.41, 5.74) is 0. The first-order chi connectivity index (χ1) is 8.85. The standard InChI is InChI=1S/C13H19N3O2/c1-2-12(16-9-14-8-15-16)5-11-7-13(6-10(1)11)17-3-4-18-13/h8-12H,1-7H2/t10-,11+,12?/m0/s1. The molecule has 0 radical (unpaired) electrons. The predicted molar refractivity (Wildman–Crippen MR) is 63.8 cm³/mol. The van der Waals surface area contributed by atoms with E-state index in [4.69, 9.17) is 9.47 Å². The Morgan fingerprint density at radius 3 is 2.72 bits per heavy atom. The van der Waals surface area contributed by atoms with Crippen LogP contribution in [0.15, 0.2) is 12.7 Å². The lowest BCUT2D eigenvalue weighted by Crippen LogP contribution is -2.26. The van der Waals surface area contributed by atoms with Crippen LogP contribution < -0.4 is 0 Å². The second kappa shape index (κ2) is 4.03. The molecule has 1 spiro atoms. The van der Waals surface area contributed by atoms with Gasteiger partial charge in [-0.05, 0) is 31.1 Å². The van der Waals surface area contributed by atoms with Crippen LogP contribution in [0.4, 0.5) is 0 Å². The van der Waals surface area contributed by atoms with Crippen LogP contribution in [-0.4, -0.2) is 33.8 Å². The van der Waals surface area contributed by atoms with Crippen LogP contribution in [0.5, 0.6) is 0 Å². The summed E-state index contributed by atoms with van der Waals surface area (Å²) in [4.78, 5) is 4.06. The average Bonchev–Trinajstić information content (AvgIpc) is 3.09. The zero-order valence-electron chi connectivity index (χ0n) is 10.5. The number of fused-ring (bicyclic) bond motifs is 1. The normalized spacial score (nSPS) is 38.1. The summed E-state index contributed by atoms with van der Waals surface area (Å²) >= 11 is 0. The molecule has 1 aromatic heterocycles. The highest BCUT2D eigenvalue weighted by molar-refractivity contribution is 4.96. The molecular weight excluding hydrogens is 230 g/mol. The molecule has 3 atom stereocenters. The Morgan fingerprint density at radius 2 is 1.94 bits per heavy atom. The maximum atomic E-state index is 5.86. The van der Waals surface area contributed by atoms with E-state index in [0.29, 0.717) is 6.04 Å². The Labute approximate surface area is 106 Å². The van der Waals surface area contributed by atoms with Crippen molar-refractivity contribution in [2.24, 2.45) is 11.8 Å². The monoisotopic (exact) mass is 249 g/mol. The molecule has 3 fully saturated rings. The Hall–Kier alpha value is -0.940. The van der Waals surface area contributed by atoms with Crippen LogP contribution in [0.2, 0.25) is 0 Å². The number of nitrogens with zero attached hydrogens (tertiary/aromatic N) is 3. The van der Waals surface area contributed by atoms with E-state index in [9.17, 15) is 0 Å². The minimum atomic E-state index is -0.230. The van der Waals surface area contributed by atoms with Gasteiger partial charge in [-0.2, -0.15) is 5.10 Å². The van der Waals surface area contributed by atoms with Crippen LogP contribution in [-0.2, 0) is 9.47 Å². The van der Waals surface area contributed by atoms with Gasteiger partial charge < -0.3 is 9.47 Å². The van der Waals surface area contributed by atoms with Crippen molar-refractivity contribution in [1.82, 2.24) is 14.8 Å². The van der Waals surface area contributed by atoms with Crippen molar-refractivity contribution in [1.29, 1.82) is 0 Å². The molecule has 2 heterocycles. The van der Waals surface area contributed by atoms with E-state index in [-0.39, 0.29) is 5.79 Å². The third-order valence-electron chi connectivity index (χ3n) is 4.88. The first-order valence-corrected chi connectivity index (χ1v) is 6.97. The number of aromatic nitrogens is 3. The molecule has 5 nitrogen and oxygen atoms in total. The number of rotatable bonds is 1. The third-order valence-corrected chi connectivity index (χ3v) is 4.88. The summed E-state index contributed by atoms with van der Waals surface area (Å²) < 4.78 is 13.7. The number of hydrogen-bond donors (Lipinski definition) is 0. The lowest BCUT2D eigenvalue weighted by molar-refractivity contribution is -0.154. The predicted octanol–water partition coefficient (Wildman–Crippen LogP) is 1.77. The Balaban J connectivity index is 1.49. The second-order valence-corrected chi connectivity index (χ2v) is 5.88.